The first-order valence-corrected chi connectivity index (χ1v) is 6.84. The molecule has 0 atom stereocenters. The van der Waals surface area contributed by atoms with E-state index >= 15 is 0 Å². The normalized spacial score (nSPS) is 10.6. The van der Waals surface area contributed by atoms with Crippen molar-refractivity contribution in [3.05, 3.63) is 62.0 Å². The summed E-state index contributed by atoms with van der Waals surface area (Å²) < 4.78 is 26.7. The molecule has 0 aromatic heterocycles. The Morgan fingerprint density at radius 3 is 2.42 bits per heavy atom. The summed E-state index contributed by atoms with van der Waals surface area (Å²) in [4.78, 5) is 0. The van der Waals surface area contributed by atoms with Crippen LogP contribution in [0.1, 0.15) is 5.56 Å². The maximum atomic E-state index is 13.1. The maximum Gasteiger partial charge on any atom is 0.125 e. The van der Waals surface area contributed by atoms with E-state index in [0.29, 0.717) is 20.7 Å². The molecule has 100 valence electrons. The molecule has 2 aromatic rings. The molecule has 0 saturated heterocycles. The molecule has 0 unspecified atom stereocenters. The fourth-order valence-electron chi connectivity index (χ4n) is 1.57. The Hall–Kier alpha value is -0.840. The van der Waals surface area contributed by atoms with Gasteiger partial charge in [0, 0.05) is 16.0 Å². The highest BCUT2D eigenvalue weighted by molar-refractivity contribution is 9.10. The van der Waals surface area contributed by atoms with Crippen LogP contribution in [-0.4, -0.2) is 0 Å². The summed E-state index contributed by atoms with van der Waals surface area (Å²) in [5.74, 6) is -0.809. The smallest absolute Gasteiger partial charge is 0.125 e. The predicted octanol–water partition coefficient (Wildman–Crippen LogP) is 5.65. The molecule has 0 bridgehead atoms. The Bertz CT molecular complexity index is 597. The molecule has 1 nitrogen and oxygen atoms in total. The van der Waals surface area contributed by atoms with Crippen LogP contribution in [0.5, 0.6) is 0 Å². The third-order valence-electron chi connectivity index (χ3n) is 2.47. The highest BCUT2D eigenvalue weighted by atomic mass is 79.9. The third kappa shape index (κ3) is 3.59. The van der Waals surface area contributed by atoms with E-state index in [1.54, 1.807) is 0 Å². The van der Waals surface area contributed by atoms with Gasteiger partial charge in [0.05, 0.1) is 10.7 Å². The van der Waals surface area contributed by atoms with E-state index in [9.17, 15) is 8.78 Å². The lowest BCUT2D eigenvalue weighted by molar-refractivity contribution is 0.626. The van der Waals surface area contributed by atoms with Gasteiger partial charge >= 0.3 is 0 Å². The van der Waals surface area contributed by atoms with Crippen molar-refractivity contribution in [3.63, 3.8) is 0 Å². The Morgan fingerprint density at radius 1 is 1.00 bits per heavy atom. The molecule has 0 radical (unpaired) electrons. The topological polar surface area (TPSA) is 12.0 Å². The molecule has 0 saturated carbocycles. The monoisotopic (exact) mass is 365 g/mol. The molecule has 0 amide bonds. The quantitative estimate of drug-likeness (QED) is 0.740. The first-order valence-electron chi connectivity index (χ1n) is 5.29. The molecule has 0 aliphatic rings. The number of anilines is 1. The first-order chi connectivity index (χ1) is 8.97. The van der Waals surface area contributed by atoms with Crippen molar-refractivity contribution in [1.82, 2.24) is 0 Å². The Balaban J connectivity index is 2.21. The molecule has 2 aromatic carbocycles. The molecule has 19 heavy (non-hydrogen) atoms. The zero-order valence-electron chi connectivity index (χ0n) is 9.48. The fourth-order valence-corrected chi connectivity index (χ4v) is 2.72. The maximum absolute atomic E-state index is 13.1. The summed E-state index contributed by atoms with van der Waals surface area (Å²) in [6, 6.07) is 6.59. The summed E-state index contributed by atoms with van der Waals surface area (Å²) in [6.45, 7) is 0.278. The van der Waals surface area contributed by atoms with Crippen LogP contribution >= 0.6 is 39.1 Å². The van der Waals surface area contributed by atoms with Gasteiger partial charge in [-0.25, -0.2) is 8.78 Å². The minimum absolute atomic E-state index is 0.236. The van der Waals surface area contributed by atoms with E-state index in [0.717, 1.165) is 0 Å². The van der Waals surface area contributed by atoms with Crippen molar-refractivity contribution in [1.29, 1.82) is 0 Å². The van der Waals surface area contributed by atoms with E-state index in [2.05, 4.69) is 21.2 Å². The summed E-state index contributed by atoms with van der Waals surface area (Å²) >= 11 is 15.1. The van der Waals surface area contributed by atoms with E-state index in [1.807, 2.05) is 0 Å². The lowest BCUT2D eigenvalue weighted by atomic mass is 10.2. The number of rotatable bonds is 3. The third-order valence-corrected chi connectivity index (χ3v) is 3.76. The lowest BCUT2D eigenvalue weighted by Crippen LogP contribution is -2.02. The molecule has 0 fully saturated rings. The fraction of sp³-hybridized carbons (Fsp3) is 0.0769. The van der Waals surface area contributed by atoms with Crippen molar-refractivity contribution in [2.24, 2.45) is 0 Å². The van der Waals surface area contributed by atoms with Gasteiger partial charge in [0.1, 0.15) is 11.6 Å². The van der Waals surface area contributed by atoms with Crippen molar-refractivity contribution < 1.29 is 8.78 Å². The number of benzene rings is 2. The molecular weight excluding hydrogens is 359 g/mol. The van der Waals surface area contributed by atoms with Crippen LogP contribution in [-0.2, 0) is 6.54 Å². The van der Waals surface area contributed by atoms with Crippen LogP contribution in [0.2, 0.25) is 10.0 Å². The van der Waals surface area contributed by atoms with Gasteiger partial charge in [0.2, 0.25) is 0 Å². The SMILES string of the molecule is Fc1cc(Cl)c(NCc2cc(F)ccc2Cl)c(Br)c1. The molecule has 0 aliphatic heterocycles. The number of nitrogens with one attached hydrogen (secondary N) is 1. The summed E-state index contributed by atoms with van der Waals surface area (Å²) in [7, 11) is 0. The highest BCUT2D eigenvalue weighted by Crippen LogP contribution is 2.32. The van der Waals surface area contributed by atoms with Crippen molar-refractivity contribution in [3.8, 4) is 0 Å². The van der Waals surface area contributed by atoms with Crippen LogP contribution in [0.25, 0.3) is 0 Å². The van der Waals surface area contributed by atoms with Gasteiger partial charge < -0.3 is 5.32 Å². The number of halogens is 5. The van der Waals surface area contributed by atoms with E-state index < -0.39 is 5.82 Å². The van der Waals surface area contributed by atoms with Gasteiger partial charge in [-0.05, 0) is 51.8 Å². The second-order valence-electron chi connectivity index (χ2n) is 3.83. The minimum atomic E-state index is -0.439. The molecule has 0 heterocycles. The molecule has 2 rings (SSSR count). The van der Waals surface area contributed by atoms with Crippen LogP contribution in [0.15, 0.2) is 34.8 Å². The van der Waals surface area contributed by atoms with Crippen molar-refractivity contribution in [2.75, 3.05) is 5.32 Å². The van der Waals surface area contributed by atoms with Crippen LogP contribution in [0.4, 0.5) is 14.5 Å². The van der Waals surface area contributed by atoms with Crippen LogP contribution in [0, 0.1) is 11.6 Å². The van der Waals surface area contributed by atoms with E-state index in [-0.39, 0.29) is 17.4 Å². The zero-order chi connectivity index (χ0) is 14.0. The van der Waals surface area contributed by atoms with Crippen molar-refractivity contribution in [2.45, 2.75) is 6.54 Å². The van der Waals surface area contributed by atoms with Crippen LogP contribution < -0.4 is 5.32 Å². The second kappa shape index (κ2) is 6.07. The standard InChI is InChI=1S/C13H8BrCl2F2N/c14-10-4-9(18)5-12(16)13(10)19-6-7-3-8(17)1-2-11(7)15/h1-5,19H,6H2. The Labute approximate surface area is 127 Å². The van der Waals surface area contributed by atoms with Crippen LogP contribution in [0.3, 0.4) is 0 Å². The molecular formula is C13H8BrCl2F2N. The molecule has 0 spiro atoms. The van der Waals surface area contributed by atoms with E-state index in [1.165, 1.54) is 30.3 Å². The predicted molar refractivity (Wildman–Crippen MR) is 77.8 cm³/mol. The largest absolute Gasteiger partial charge is 0.379 e. The second-order valence-corrected chi connectivity index (χ2v) is 5.50. The Morgan fingerprint density at radius 2 is 1.74 bits per heavy atom. The number of hydrogen-bond donors (Lipinski definition) is 1. The van der Waals surface area contributed by atoms with Gasteiger partial charge in [0.25, 0.3) is 0 Å². The molecule has 0 aliphatic carbocycles. The molecule has 6 heteroatoms. The van der Waals surface area contributed by atoms with Gasteiger partial charge in [-0.2, -0.15) is 0 Å². The average molecular weight is 367 g/mol. The zero-order valence-corrected chi connectivity index (χ0v) is 12.6. The van der Waals surface area contributed by atoms with Gasteiger partial charge in [-0.15, -0.1) is 0 Å². The highest BCUT2D eigenvalue weighted by Gasteiger charge is 2.09. The molecule has 1 N–H and O–H groups in total. The summed E-state index contributed by atoms with van der Waals surface area (Å²) in [6.07, 6.45) is 0. The average Bonchev–Trinajstić information content (AvgIpc) is 2.32. The van der Waals surface area contributed by atoms with Gasteiger partial charge in [0.15, 0.2) is 0 Å². The minimum Gasteiger partial charge on any atom is -0.379 e. The first kappa shape index (κ1) is 14.6. The van der Waals surface area contributed by atoms with Crippen molar-refractivity contribution >= 4 is 44.8 Å². The summed E-state index contributed by atoms with van der Waals surface area (Å²) in [5, 5.41) is 3.68. The number of hydrogen-bond acceptors (Lipinski definition) is 1. The van der Waals surface area contributed by atoms with E-state index in [4.69, 9.17) is 23.2 Å². The summed E-state index contributed by atoms with van der Waals surface area (Å²) in [5.41, 5.74) is 1.12. The lowest BCUT2D eigenvalue weighted by Gasteiger charge is -2.12. The Kier molecular flexibility index (Phi) is 4.66. The van der Waals surface area contributed by atoms with Gasteiger partial charge in [-0.3, -0.25) is 0 Å². The van der Waals surface area contributed by atoms with Gasteiger partial charge in [-0.1, -0.05) is 23.2 Å².